The van der Waals surface area contributed by atoms with Crippen molar-refractivity contribution in [1.29, 1.82) is 0 Å². The molecule has 56 valence electrons. The molecular weight excluding hydrogens is 178 g/mol. The molecular formula is CNaO7P-4. The molecule has 0 N–H and O–H groups in total. The minimum atomic E-state index is -5.39. The Balaban J connectivity index is -0.0000000910. The van der Waals surface area contributed by atoms with Gasteiger partial charge in [-0.1, -0.05) is 0 Å². The van der Waals surface area contributed by atoms with E-state index >= 15 is 0 Å². The second-order valence-corrected chi connectivity index (χ2v) is 1.59. The minimum Gasteiger partial charge on any atom is -0.822 e. The van der Waals surface area contributed by atoms with Crippen molar-refractivity contribution in [2.24, 2.45) is 0 Å². The molecule has 0 radical (unpaired) electrons. The average Bonchev–Trinajstić information content (AvgIpc) is 1.19. The number of carboxylic acid groups (broad SMARTS) is 2. The Bertz CT molecular complexity index is 113. The van der Waals surface area contributed by atoms with Crippen molar-refractivity contribution in [3.05, 3.63) is 0 Å². The van der Waals surface area contributed by atoms with Gasteiger partial charge in [-0.15, -0.1) is 0 Å². The summed E-state index contributed by atoms with van der Waals surface area (Å²) in [4.78, 5) is 34.0. The largest absolute Gasteiger partial charge is 1.00 e. The van der Waals surface area contributed by atoms with Crippen LogP contribution in [0.5, 0.6) is 0 Å². The fourth-order valence-corrected chi connectivity index (χ4v) is 0. The molecule has 0 bridgehead atoms. The average molecular weight is 178 g/mol. The number of phosphoric acid groups is 1. The molecule has 7 nitrogen and oxygen atoms in total. The van der Waals surface area contributed by atoms with Crippen LogP contribution in [-0.2, 0) is 4.57 Å². The molecule has 0 amide bonds. The summed E-state index contributed by atoms with van der Waals surface area (Å²) < 4.78 is 8.55. The Morgan fingerprint density at radius 3 is 1.10 bits per heavy atom. The molecule has 0 aromatic carbocycles. The number of rotatable bonds is 0. The molecule has 0 spiro atoms. The Kier molecular flexibility index (Phi) is 12.6. The van der Waals surface area contributed by atoms with Gasteiger partial charge in [0, 0.05) is 0 Å². The molecule has 0 aliphatic rings. The van der Waals surface area contributed by atoms with Crippen LogP contribution >= 0.6 is 7.82 Å². The summed E-state index contributed by atoms with van der Waals surface area (Å²) in [5.41, 5.74) is 0. The van der Waals surface area contributed by atoms with Crippen molar-refractivity contribution in [3.8, 4) is 0 Å². The number of hydrogen-bond donors (Lipinski definition) is 0. The van der Waals surface area contributed by atoms with Crippen molar-refractivity contribution in [2.75, 3.05) is 0 Å². The van der Waals surface area contributed by atoms with Crippen LogP contribution in [0.3, 0.4) is 0 Å². The van der Waals surface area contributed by atoms with Gasteiger partial charge < -0.3 is 34.3 Å². The van der Waals surface area contributed by atoms with E-state index < -0.39 is 14.0 Å². The molecule has 0 aromatic heterocycles. The van der Waals surface area contributed by atoms with Crippen LogP contribution in [0.2, 0.25) is 0 Å². The van der Waals surface area contributed by atoms with E-state index in [2.05, 4.69) is 0 Å². The Hall–Kier alpha value is 0.380. The SMILES string of the molecule is O=C([O-])[O-].O=P([O-])([O-])[O-].[Na+]. The van der Waals surface area contributed by atoms with E-state index in [0.29, 0.717) is 0 Å². The molecule has 0 unspecified atom stereocenters. The predicted molar refractivity (Wildman–Crippen MR) is 13.0 cm³/mol. The van der Waals surface area contributed by atoms with Crippen molar-refractivity contribution in [2.45, 2.75) is 0 Å². The molecule has 0 saturated carbocycles. The predicted octanol–water partition coefficient (Wildman–Crippen LogP) is -8.27. The summed E-state index contributed by atoms with van der Waals surface area (Å²) in [6.45, 7) is 0. The molecule has 0 rings (SSSR count). The van der Waals surface area contributed by atoms with Crippen molar-refractivity contribution >= 4 is 14.0 Å². The van der Waals surface area contributed by atoms with Gasteiger partial charge in [0.05, 0.1) is 0 Å². The molecule has 0 aliphatic heterocycles. The fourth-order valence-electron chi connectivity index (χ4n) is 0. The van der Waals surface area contributed by atoms with Gasteiger partial charge in [0.1, 0.15) is 0 Å². The van der Waals surface area contributed by atoms with E-state index in [1.165, 1.54) is 0 Å². The maximum absolute atomic E-state index is 8.55. The summed E-state index contributed by atoms with van der Waals surface area (Å²) >= 11 is 0. The summed E-state index contributed by atoms with van der Waals surface area (Å²) in [6, 6.07) is 0. The summed E-state index contributed by atoms with van der Waals surface area (Å²) in [6.07, 6.45) is -2.33. The van der Waals surface area contributed by atoms with E-state index in [1.54, 1.807) is 0 Å². The molecule has 0 aromatic rings. The van der Waals surface area contributed by atoms with Crippen LogP contribution in [0.25, 0.3) is 0 Å². The first-order valence-corrected chi connectivity index (χ1v) is 2.80. The minimum absolute atomic E-state index is 0. The first kappa shape index (κ1) is 16.8. The van der Waals surface area contributed by atoms with E-state index in [9.17, 15) is 0 Å². The normalized spacial score (nSPS) is 8.30. The standard InChI is InChI=1S/CH2O3.Na.H3O4P/c2-1(3)4;;1-5(2,3)4/h(H2,2,3,4);;(H3,1,2,3,4)/q;+1;/p-5. The second kappa shape index (κ2) is 7.49. The van der Waals surface area contributed by atoms with Crippen LogP contribution in [0.15, 0.2) is 0 Å². The van der Waals surface area contributed by atoms with Gasteiger partial charge in [0.25, 0.3) is 0 Å². The van der Waals surface area contributed by atoms with Crippen LogP contribution in [0, 0.1) is 0 Å². The fraction of sp³-hybridized carbons (Fsp3) is 0. The molecule has 0 heterocycles. The molecule has 0 fully saturated rings. The van der Waals surface area contributed by atoms with Crippen LogP contribution in [0.4, 0.5) is 4.79 Å². The van der Waals surface area contributed by atoms with Crippen molar-refractivity contribution < 1.29 is 63.8 Å². The quantitative estimate of drug-likeness (QED) is 0.264. The Morgan fingerprint density at radius 2 is 1.10 bits per heavy atom. The molecule has 0 atom stereocenters. The third-order valence-electron chi connectivity index (χ3n) is 0. The zero-order valence-corrected chi connectivity index (χ0v) is 7.70. The maximum Gasteiger partial charge on any atom is 1.00 e. The number of carbonyl (C=O) groups is 1. The number of carbonyl (C=O) groups excluding carboxylic acids is 1. The van der Waals surface area contributed by atoms with Gasteiger partial charge in [-0.2, -0.15) is 7.82 Å². The molecule has 10 heavy (non-hydrogen) atoms. The van der Waals surface area contributed by atoms with Gasteiger partial charge in [0.2, 0.25) is 0 Å². The van der Waals surface area contributed by atoms with Crippen molar-refractivity contribution in [1.82, 2.24) is 0 Å². The first-order valence-electron chi connectivity index (χ1n) is 1.34. The second-order valence-electron chi connectivity index (χ2n) is 0.697. The van der Waals surface area contributed by atoms with Crippen molar-refractivity contribution in [3.63, 3.8) is 0 Å². The van der Waals surface area contributed by atoms with Gasteiger partial charge in [-0.05, 0) is 6.16 Å². The third-order valence-corrected chi connectivity index (χ3v) is 0. The van der Waals surface area contributed by atoms with E-state index in [4.69, 9.17) is 34.3 Å². The van der Waals surface area contributed by atoms with Gasteiger partial charge in [-0.3, -0.25) is 0 Å². The summed E-state index contributed by atoms with van der Waals surface area (Å²) in [5, 5.41) is 16.7. The van der Waals surface area contributed by atoms with Gasteiger partial charge in [0.15, 0.2) is 0 Å². The third kappa shape index (κ3) is 3160. The monoisotopic (exact) mass is 178 g/mol. The van der Waals surface area contributed by atoms with Crippen LogP contribution < -0.4 is 54.5 Å². The maximum atomic E-state index is 8.55. The zero-order valence-electron chi connectivity index (χ0n) is 4.80. The Labute approximate surface area is 77.8 Å². The first-order chi connectivity index (χ1) is 3.73. The summed E-state index contributed by atoms with van der Waals surface area (Å²) in [5.74, 6) is 0. The molecule has 9 heteroatoms. The Morgan fingerprint density at radius 1 is 1.10 bits per heavy atom. The van der Waals surface area contributed by atoms with E-state index in [-0.39, 0.29) is 29.6 Å². The summed E-state index contributed by atoms with van der Waals surface area (Å²) in [7, 11) is -5.39. The number of hydrogen-bond acceptors (Lipinski definition) is 7. The van der Waals surface area contributed by atoms with E-state index in [1.807, 2.05) is 0 Å². The van der Waals surface area contributed by atoms with Crippen LogP contribution in [-0.4, -0.2) is 6.16 Å². The smallest absolute Gasteiger partial charge is 0.822 e. The topological polar surface area (TPSA) is 149 Å². The van der Waals surface area contributed by atoms with Crippen LogP contribution in [0.1, 0.15) is 0 Å². The van der Waals surface area contributed by atoms with Gasteiger partial charge >= 0.3 is 29.6 Å². The van der Waals surface area contributed by atoms with E-state index in [0.717, 1.165) is 0 Å². The molecule has 0 aliphatic carbocycles. The van der Waals surface area contributed by atoms with Gasteiger partial charge in [-0.25, -0.2) is 0 Å². The zero-order chi connectivity index (χ0) is 8.08. The molecule has 0 saturated heterocycles.